The SMILES string of the molecule is CC(C)C[C@H](NC(=O)[C@@H](CCCNC(=N)N)NC(=O)C1C2CC2CN1C(=O)[C@H](CCCCNC(=N)N)NC(=O)[C@H](CCC(N)=O)NC(=O)[C@@H](CCCNC(N)N)NC(=O)C(C)(C)C(=O)NCCc1c[nH]cn1)C(=O)NC(C)(C)C(=O)N[C@@H](Cc1c[nH]cn1)C(=O)N[C@@H](CC1CCNCC1)C(N)=O. The van der Waals surface area contributed by atoms with E-state index in [-0.39, 0.29) is 127 Å². The molecule has 1 saturated carbocycles. The van der Waals surface area contributed by atoms with Gasteiger partial charge in [-0.2, -0.15) is 0 Å². The highest BCUT2D eigenvalue weighted by atomic mass is 16.2. The van der Waals surface area contributed by atoms with E-state index in [9.17, 15) is 52.7 Å². The number of imidazole rings is 2. The predicted molar refractivity (Wildman–Crippen MR) is 374 cm³/mol. The number of likely N-dealkylation sites (tertiary alicyclic amines) is 1. The quantitative estimate of drug-likeness (QED) is 0.00965. The maximum atomic E-state index is 15.2. The van der Waals surface area contributed by atoms with Crippen LogP contribution in [0.3, 0.4) is 0 Å². The average molecular weight is 1440 g/mol. The van der Waals surface area contributed by atoms with Gasteiger partial charge in [0.25, 0.3) is 0 Å². The molecule has 568 valence electrons. The Balaban J connectivity index is 1.36. The topological polar surface area (TPSA) is 626 Å². The van der Waals surface area contributed by atoms with Crippen LogP contribution in [0.1, 0.15) is 143 Å². The van der Waals surface area contributed by atoms with Gasteiger partial charge in [0, 0.05) is 57.8 Å². The molecular formula is C64H110N26O12. The van der Waals surface area contributed by atoms with E-state index in [0.717, 1.165) is 25.9 Å². The number of fused-ring (bicyclic) bond motifs is 1. The lowest BCUT2D eigenvalue weighted by Gasteiger charge is -2.33. The summed E-state index contributed by atoms with van der Waals surface area (Å²) < 4.78 is 0. The molecule has 2 aromatic heterocycles. The molecule has 1 aliphatic carbocycles. The Labute approximate surface area is 593 Å². The number of hydrogen-bond donors (Lipinski definition) is 23. The van der Waals surface area contributed by atoms with Gasteiger partial charge >= 0.3 is 0 Å². The molecule has 3 aliphatic rings. The van der Waals surface area contributed by atoms with Crippen molar-refractivity contribution in [3.8, 4) is 0 Å². The highest BCUT2D eigenvalue weighted by Crippen LogP contribution is 2.50. The number of aromatic nitrogens is 4. The molecule has 0 aromatic carbocycles. The Hall–Kier alpha value is -9.56. The number of carbonyl (C=O) groups excluding carboxylic acids is 12. The van der Waals surface area contributed by atoms with E-state index in [1.807, 2.05) is 0 Å². The number of aromatic amines is 2. The van der Waals surface area contributed by atoms with Crippen LogP contribution in [0.15, 0.2) is 25.0 Å². The first kappa shape index (κ1) is 83.1. The number of rotatable bonds is 45. The van der Waals surface area contributed by atoms with Crippen molar-refractivity contribution in [2.75, 3.05) is 45.8 Å². The number of carbonyl (C=O) groups is 12. The summed E-state index contributed by atoms with van der Waals surface area (Å²) in [6, 6.07) is -10.6. The molecule has 2 aliphatic heterocycles. The van der Waals surface area contributed by atoms with E-state index in [1.54, 1.807) is 20.0 Å². The van der Waals surface area contributed by atoms with Crippen molar-refractivity contribution >= 4 is 82.8 Å². The molecule has 4 heterocycles. The summed E-state index contributed by atoms with van der Waals surface area (Å²) in [5.74, 6) is -10.9. The van der Waals surface area contributed by atoms with Crippen molar-refractivity contribution < 1.29 is 57.5 Å². The summed E-state index contributed by atoms with van der Waals surface area (Å²) in [7, 11) is 0. The molecule has 12 amide bonds. The molecule has 102 heavy (non-hydrogen) atoms. The molecule has 10 atom stereocenters. The summed E-state index contributed by atoms with van der Waals surface area (Å²) >= 11 is 0. The van der Waals surface area contributed by atoms with E-state index in [1.165, 1.54) is 51.4 Å². The normalized spacial score (nSPS) is 17.9. The van der Waals surface area contributed by atoms with Crippen LogP contribution in [0.4, 0.5) is 0 Å². The van der Waals surface area contributed by atoms with Gasteiger partial charge < -0.3 is 113 Å². The molecule has 2 aromatic rings. The first-order chi connectivity index (χ1) is 48.2. The minimum Gasteiger partial charge on any atom is -0.370 e. The zero-order chi connectivity index (χ0) is 75.4. The van der Waals surface area contributed by atoms with Crippen molar-refractivity contribution in [3.63, 3.8) is 0 Å². The van der Waals surface area contributed by atoms with E-state index >= 15 is 4.79 Å². The number of amides is 12. The lowest BCUT2D eigenvalue weighted by molar-refractivity contribution is -0.144. The number of primary amides is 2. The Bertz CT molecular complexity index is 3180. The number of nitrogens with two attached hydrogens (primary N) is 6. The van der Waals surface area contributed by atoms with Crippen molar-refractivity contribution in [1.29, 1.82) is 10.8 Å². The highest BCUT2D eigenvalue weighted by molar-refractivity contribution is 6.06. The van der Waals surface area contributed by atoms with Crippen molar-refractivity contribution in [1.82, 2.24) is 94.0 Å². The number of piperidine rings is 2. The summed E-state index contributed by atoms with van der Waals surface area (Å²) in [5.41, 5.74) is 31.4. The van der Waals surface area contributed by atoms with Gasteiger partial charge in [0.1, 0.15) is 65.6 Å². The van der Waals surface area contributed by atoms with E-state index < -0.39 is 149 Å². The van der Waals surface area contributed by atoms with Crippen LogP contribution in [0.2, 0.25) is 0 Å². The van der Waals surface area contributed by atoms with Gasteiger partial charge in [0.15, 0.2) is 11.9 Å². The smallest absolute Gasteiger partial charge is 0.245 e. The van der Waals surface area contributed by atoms with E-state index in [4.69, 9.17) is 45.2 Å². The van der Waals surface area contributed by atoms with Crippen molar-refractivity contribution in [2.24, 2.45) is 63.5 Å². The minimum atomic E-state index is -1.76. The van der Waals surface area contributed by atoms with Crippen molar-refractivity contribution in [3.05, 3.63) is 36.4 Å². The largest absolute Gasteiger partial charge is 0.370 e. The van der Waals surface area contributed by atoms with E-state index in [0.29, 0.717) is 30.7 Å². The Kier molecular flexibility index (Phi) is 32.7. The molecule has 0 bridgehead atoms. The monoisotopic (exact) mass is 1430 g/mol. The second-order valence-electron chi connectivity index (χ2n) is 27.9. The average Bonchev–Trinajstić information content (AvgIpc) is 1.58. The number of nitrogens with zero attached hydrogens (tertiary/aromatic N) is 3. The van der Waals surface area contributed by atoms with Gasteiger partial charge in [0.05, 0.1) is 24.0 Å². The zero-order valence-electron chi connectivity index (χ0n) is 59.3. The van der Waals surface area contributed by atoms with Gasteiger partial charge in [-0.25, -0.2) is 9.97 Å². The molecule has 2 saturated heterocycles. The molecule has 5 rings (SSSR count). The standard InChI is InChI=1S/C64H110N26O12/c1-34(2)25-45(54(97)89-64(5,6)59(102)88-46(28-38-30-75-33-81-38)53(96)85-44(49(66)92)26-35-16-22-73-23-17-35)86-50(93)40(12-9-20-78-61(69)70)83-55(98)48-39-27-36(39)31-90(48)56(99)43(11-7-8-19-77-60(67)68)84-52(95)42(14-15-47(65)91)82-51(94)41(13-10-21-79-62(71)72)87-58(101)63(3,4)57(100)76-24-18-37-29-74-32-80-37/h29-30,32-36,39-46,48,62,73,79H,7-28,31,71-72H2,1-6H3,(H2,65,91)(H2,66,92)(H,74,80)(H,75,81)(H,76,100)(H,82,94)(H,83,98)(H,84,95)(H,85,96)(H,86,93)(H,87,101)(H,88,102)(H,89,97)(H4,67,68,77)(H4,69,70,78)/t36?,39?,40-,41-,42+,43+,44+,45+,46+,48?/m1/s1. The Morgan fingerprint density at radius 3 is 1.72 bits per heavy atom. The van der Waals surface area contributed by atoms with Gasteiger partial charge in [0.2, 0.25) is 70.9 Å². The summed E-state index contributed by atoms with van der Waals surface area (Å²) in [6.07, 6.45) is 7.66. The predicted octanol–water partition coefficient (Wildman–Crippen LogP) is -6.13. The lowest BCUT2D eigenvalue weighted by atomic mass is 9.90. The summed E-state index contributed by atoms with van der Waals surface area (Å²) in [5, 5.41) is 51.2. The van der Waals surface area contributed by atoms with Gasteiger partial charge in [-0.05, 0) is 154 Å². The van der Waals surface area contributed by atoms with Crippen LogP contribution in [0.5, 0.6) is 0 Å². The van der Waals surface area contributed by atoms with Crippen LogP contribution >= 0.6 is 0 Å². The Morgan fingerprint density at radius 2 is 1.14 bits per heavy atom. The number of H-pyrrole nitrogens is 2. The highest BCUT2D eigenvalue weighted by Gasteiger charge is 2.58. The van der Waals surface area contributed by atoms with Crippen LogP contribution < -0.4 is 104 Å². The molecule has 0 radical (unpaired) electrons. The van der Waals surface area contributed by atoms with E-state index in [2.05, 4.69) is 89.1 Å². The zero-order valence-corrected chi connectivity index (χ0v) is 59.3. The summed E-state index contributed by atoms with van der Waals surface area (Å²) in [4.78, 5) is 184. The first-order valence-corrected chi connectivity index (χ1v) is 34.9. The van der Waals surface area contributed by atoms with Gasteiger partial charge in [-0.1, -0.05) is 13.8 Å². The third-order valence-electron chi connectivity index (χ3n) is 18.1. The fourth-order valence-electron chi connectivity index (χ4n) is 12.1. The number of hydrogen-bond acceptors (Lipinski definition) is 20. The lowest BCUT2D eigenvalue weighted by Crippen LogP contribution is -2.63. The maximum absolute atomic E-state index is 15.2. The van der Waals surface area contributed by atoms with Crippen LogP contribution in [-0.2, 0) is 70.4 Å². The molecule has 0 spiro atoms. The minimum absolute atomic E-state index is 0.0318. The summed E-state index contributed by atoms with van der Waals surface area (Å²) in [6.45, 7) is 11.3. The Morgan fingerprint density at radius 1 is 0.598 bits per heavy atom. The van der Waals surface area contributed by atoms with Crippen LogP contribution in [0, 0.1) is 39.9 Å². The fourth-order valence-corrected chi connectivity index (χ4v) is 12.1. The maximum Gasteiger partial charge on any atom is 0.245 e. The molecular weight excluding hydrogens is 1320 g/mol. The fraction of sp³-hybridized carbons (Fsp3) is 0.688. The number of unbranched alkanes of at least 4 members (excludes halogenated alkanes) is 1. The molecule has 3 unspecified atom stereocenters. The first-order valence-electron chi connectivity index (χ1n) is 34.9. The second-order valence-corrected chi connectivity index (χ2v) is 27.9. The van der Waals surface area contributed by atoms with Crippen LogP contribution in [-0.4, -0.2) is 214 Å². The van der Waals surface area contributed by atoms with Crippen LogP contribution in [0.25, 0.3) is 0 Å². The van der Waals surface area contributed by atoms with Crippen molar-refractivity contribution in [2.45, 2.75) is 204 Å². The molecule has 38 nitrogen and oxygen atoms in total. The third kappa shape index (κ3) is 27.4. The second kappa shape index (κ2) is 40.2. The number of nitrogens with one attached hydrogen (secondary N) is 17. The van der Waals surface area contributed by atoms with Gasteiger partial charge in [-0.3, -0.25) is 73.7 Å². The molecule has 3 fully saturated rings. The van der Waals surface area contributed by atoms with Gasteiger partial charge in [-0.15, -0.1) is 0 Å². The molecule has 29 N–H and O–H groups in total. The third-order valence-corrected chi connectivity index (χ3v) is 18.1. The molecule has 38 heteroatoms. The number of guanidine groups is 2.